The number of aryl methyl sites for hydroxylation is 1. The van der Waals surface area contributed by atoms with Gasteiger partial charge in [-0.1, -0.05) is 31.4 Å². The molecule has 1 atom stereocenters. The Morgan fingerprint density at radius 1 is 1.47 bits per heavy atom. The van der Waals surface area contributed by atoms with Crippen molar-refractivity contribution in [1.82, 2.24) is 20.0 Å². The third kappa shape index (κ3) is 2.54. The maximum Gasteiger partial charge on any atom is 0.0834 e. The molecule has 0 aromatic carbocycles. The second-order valence-corrected chi connectivity index (χ2v) is 6.10. The summed E-state index contributed by atoms with van der Waals surface area (Å²) in [5, 5.41) is 8.72. The SMILES string of the molecule is CCNC(c1c(Cl)cnn1C)C1(N(C)C)CCCC1. The molecule has 0 radical (unpaired) electrons. The third-order valence-electron chi connectivity index (χ3n) is 4.52. The molecule has 1 aliphatic rings. The highest BCUT2D eigenvalue weighted by Gasteiger charge is 2.45. The standard InChI is InChI=1S/C14H25ClN4/c1-5-16-13(12-11(15)10-17-19(12)4)14(18(2)3)8-6-7-9-14/h10,13,16H,5-9H2,1-4H3. The molecule has 1 fully saturated rings. The van der Waals surface area contributed by atoms with E-state index in [2.05, 4.69) is 36.3 Å². The molecular formula is C14H25ClN4. The Bertz CT molecular complexity index is 402. The second kappa shape index (κ2) is 5.81. The highest BCUT2D eigenvalue weighted by Crippen LogP contribution is 2.44. The van der Waals surface area contributed by atoms with E-state index in [-0.39, 0.29) is 11.6 Å². The van der Waals surface area contributed by atoms with Crippen molar-refractivity contribution < 1.29 is 0 Å². The molecule has 1 aliphatic carbocycles. The van der Waals surface area contributed by atoms with Gasteiger partial charge in [-0.15, -0.1) is 0 Å². The first-order valence-electron chi connectivity index (χ1n) is 7.11. The van der Waals surface area contributed by atoms with E-state index < -0.39 is 0 Å². The van der Waals surface area contributed by atoms with E-state index in [0.717, 1.165) is 17.3 Å². The molecule has 4 nitrogen and oxygen atoms in total. The normalized spacial score (nSPS) is 20.1. The van der Waals surface area contributed by atoms with Gasteiger partial charge in [0.05, 0.1) is 23.0 Å². The first-order valence-corrected chi connectivity index (χ1v) is 7.49. The van der Waals surface area contributed by atoms with Crippen molar-refractivity contribution in [1.29, 1.82) is 0 Å². The van der Waals surface area contributed by atoms with Crippen LogP contribution in [0.3, 0.4) is 0 Å². The molecule has 1 N–H and O–H groups in total. The van der Waals surface area contributed by atoms with E-state index in [1.54, 1.807) is 6.20 Å². The fraction of sp³-hybridized carbons (Fsp3) is 0.786. The Balaban J connectivity index is 2.44. The maximum atomic E-state index is 6.38. The summed E-state index contributed by atoms with van der Waals surface area (Å²) in [4.78, 5) is 2.37. The van der Waals surface area contributed by atoms with Crippen LogP contribution in [0.15, 0.2) is 6.20 Å². The number of halogens is 1. The van der Waals surface area contributed by atoms with Gasteiger partial charge in [0.2, 0.25) is 0 Å². The van der Waals surface area contributed by atoms with E-state index in [0.29, 0.717) is 0 Å². The fourth-order valence-corrected chi connectivity index (χ4v) is 3.75. The van der Waals surface area contributed by atoms with E-state index in [9.17, 15) is 0 Å². The van der Waals surface area contributed by atoms with Gasteiger partial charge in [0.25, 0.3) is 0 Å². The van der Waals surface area contributed by atoms with Crippen molar-refractivity contribution in [3.8, 4) is 0 Å². The van der Waals surface area contributed by atoms with Crippen molar-refractivity contribution in [3.63, 3.8) is 0 Å². The Kier molecular flexibility index (Phi) is 4.54. The van der Waals surface area contributed by atoms with Crippen molar-refractivity contribution in [2.45, 2.75) is 44.2 Å². The average molecular weight is 285 g/mol. The minimum Gasteiger partial charge on any atom is -0.307 e. The van der Waals surface area contributed by atoms with Gasteiger partial charge in [-0.25, -0.2) is 0 Å². The van der Waals surface area contributed by atoms with Crippen molar-refractivity contribution in [2.75, 3.05) is 20.6 Å². The lowest BCUT2D eigenvalue weighted by Gasteiger charge is -2.43. The molecule has 108 valence electrons. The first-order chi connectivity index (χ1) is 9.03. The summed E-state index contributed by atoms with van der Waals surface area (Å²) in [6.45, 7) is 3.08. The highest BCUT2D eigenvalue weighted by atomic mass is 35.5. The Hall–Kier alpha value is -0.580. The molecule has 0 saturated heterocycles. The van der Waals surface area contributed by atoms with Crippen LogP contribution in [0.4, 0.5) is 0 Å². The highest BCUT2D eigenvalue weighted by molar-refractivity contribution is 6.31. The average Bonchev–Trinajstić information content (AvgIpc) is 2.96. The van der Waals surface area contributed by atoms with Gasteiger partial charge < -0.3 is 10.2 Å². The van der Waals surface area contributed by atoms with E-state index in [1.807, 2.05) is 11.7 Å². The number of hydrogen-bond acceptors (Lipinski definition) is 3. The summed E-state index contributed by atoms with van der Waals surface area (Å²) in [6, 6.07) is 0.231. The summed E-state index contributed by atoms with van der Waals surface area (Å²) in [7, 11) is 6.34. The minimum absolute atomic E-state index is 0.146. The van der Waals surface area contributed by atoms with Gasteiger partial charge in [0.15, 0.2) is 0 Å². The van der Waals surface area contributed by atoms with Gasteiger partial charge in [-0.05, 0) is 33.5 Å². The van der Waals surface area contributed by atoms with Crippen LogP contribution >= 0.6 is 11.6 Å². The van der Waals surface area contributed by atoms with Crippen molar-refractivity contribution >= 4 is 11.6 Å². The molecule has 1 aromatic heterocycles. The predicted octanol–water partition coefficient (Wildman–Crippen LogP) is 2.60. The summed E-state index contributed by atoms with van der Waals surface area (Å²) in [6.07, 6.45) is 6.74. The molecule has 0 aliphatic heterocycles. The van der Waals surface area contributed by atoms with Crippen LogP contribution in [-0.4, -0.2) is 40.9 Å². The van der Waals surface area contributed by atoms with Crippen LogP contribution in [0.1, 0.15) is 44.3 Å². The topological polar surface area (TPSA) is 33.1 Å². The number of hydrogen-bond donors (Lipinski definition) is 1. The van der Waals surface area contributed by atoms with E-state index >= 15 is 0 Å². The van der Waals surface area contributed by atoms with E-state index in [4.69, 9.17) is 11.6 Å². The molecule has 19 heavy (non-hydrogen) atoms. The first kappa shape index (κ1) is 14.8. The van der Waals surface area contributed by atoms with Crippen LogP contribution in [0.5, 0.6) is 0 Å². The lowest BCUT2D eigenvalue weighted by molar-refractivity contribution is 0.101. The minimum atomic E-state index is 0.146. The lowest BCUT2D eigenvalue weighted by Crippen LogP contribution is -2.52. The summed E-state index contributed by atoms with van der Waals surface area (Å²) >= 11 is 6.38. The van der Waals surface area contributed by atoms with Crippen LogP contribution < -0.4 is 5.32 Å². The molecule has 1 aromatic rings. The molecule has 0 bridgehead atoms. The van der Waals surface area contributed by atoms with Crippen molar-refractivity contribution in [2.24, 2.45) is 7.05 Å². The van der Waals surface area contributed by atoms with Crippen molar-refractivity contribution in [3.05, 3.63) is 16.9 Å². The lowest BCUT2D eigenvalue weighted by atomic mass is 9.84. The number of rotatable bonds is 5. The van der Waals surface area contributed by atoms with Crippen LogP contribution in [0.25, 0.3) is 0 Å². The molecular weight excluding hydrogens is 260 g/mol. The predicted molar refractivity (Wildman–Crippen MR) is 79.5 cm³/mol. The molecule has 1 unspecified atom stereocenters. The summed E-state index contributed by atoms with van der Waals surface area (Å²) in [5.41, 5.74) is 1.26. The van der Waals surface area contributed by atoms with Crippen LogP contribution in [0, 0.1) is 0 Å². The quantitative estimate of drug-likeness (QED) is 0.902. The zero-order valence-corrected chi connectivity index (χ0v) is 13.2. The molecule has 2 rings (SSSR count). The Morgan fingerprint density at radius 2 is 2.11 bits per heavy atom. The zero-order valence-electron chi connectivity index (χ0n) is 12.4. The number of nitrogens with zero attached hydrogens (tertiary/aromatic N) is 3. The molecule has 5 heteroatoms. The molecule has 1 heterocycles. The summed E-state index contributed by atoms with van der Waals surface area (Å²) < 4.78 is 1.92. The smallest absolute Gasteiger partial charge is 0.0834 e. The number of aromatic nitrogens is 2. The van der Waals surface area contributed by atoms with Crippen LogP contribution in [-0.2, 0) is 7.05 Å². The van der Waals surface area contributed by atoms with E-state index in [1.165, 1.54) is 25.7 Å². The van der Waals surface area contributed by atoms with Gasteiger partial charge in [-0.3, -0.25) is 4.68 Å². The monoisotopic (exact) mass is 284 g/mol. The Morgan fingerprint density at radius 3 is 2.53 bits per heavy atom. The molecule has 0 spiro atoms. The molecule has 0 amide bonds. The fourth-order valence-electron chi connectivity index (χ4n) is 3.47. The largest absolute Gasteiger partial charge is 0.307 e. The van der Waals surface area contributed by atoms with Gasteiger partial charge >= 0.3 is 0 Å². The Labute approximate surface area is 121 Å². The molecule has 1 saturated carbocycles. The number of nitrogens with one attached hydrogen (secondary N) is 1. The van der Waals surface area contributed by atoms with Crippen LogP contribution in [0.2, 0.25) is 5.02 Å². The van der Waals surface area contributed by atoms with Gasteiger partial charge in [-0.2, -0.15) is 5.10 Å². The maximum absolute atomic E-state index is 6.38. The third-order valence-corrected chi connectivity index (χ3v) is 4.81. The number of likely N-dealkylation sites (N-methyl/N-ethyl adjacent to an activating group) is 2. The second-order valence-electron chi connectivity index (χ2n) is 5.70. The summed E-state index contributed by atoms with van der Waals surface area (Å²) in [5.74, 6) is 0. The van der Waals surface area contributed by atoms with Gasteiger partial charge in [0, 0.05) is 12.6 Å². The zero-order chi connectivity index (χ0) is 14.0. The van der Waals surface area contributed by atoms with Gasteiger partial charge in [0.1, 0.15) is 0 Å².